The van der Waals surface area contributed by atoms with Crippen molar-refractivity contribution in [1.82, 2.24) is 5.32 Å². The van der Waals surface area contributed by atoms with Gasteiger partial charge in [0, 0.05) is 13.7 Å². The molecule has 1 amide bonds. The number of nitrogens with one attached hydrogen (secondary N) is 1. The fourth-order valence-electron chi connectivity index (χ4n) is 1.06. The summed E-state index contributed by atoms with van der Waals surface area (Å²) in [6.07, 6.45) is 0.928. The molecule has 0 aromatic heterocycles. The average molecular weight is 323 g/mol. The topological polar surface area (TPSA) is 66.0 Å². The van der Waals surface area contributed by atoms with Crippen molar-refractivity contribution in [3.05, 3.63) is 0 Å². The molecule has 6 heteroatoms. The van der Waals surface area contributed by atoms with Crippen LogP contribution < -0.4 is 5.32 Å². The second-order valence-corrected chi connectivity index (χ2v) is 3.62. The van der Waals surface area contributed by atoms with E-state index in [1.54, 1.807) is 7.11 Å². The number of carbonyl (C=O) groups excluding carboxylic acids is 1. The van der Waals surface area contributed by atoms with E-state index < -0.39 is 0 Å². The van der Waals surface area contributed by atoms with Crippen molar-refractivity contribution in [2.75, 3.05) is 59.9 Å². The average Bonchev–Trinajstić information content (AvgIpc) is 2.58. The van der Waals surface area contributed by atoms with Crippen LogP contribution in [0.4, 0.5) is 0 Å². The highest BCUT2D eigenvalue weighted by atomic mass is 16.6. The summed E-state index contributed by atoms with van der Waals surface area (Å²) in [5.41, 5.74) is 0. The third kappa shape index (κ3) is 27.6. The first-order chi connectivity index (χ1) is 10.8. The number of carbonyl (C=O) groups is 1. The summed E-state index contributed by atoms with van der Waals surface area (Å²) < 4.78 is 20.4. The maximum absolute atomic E-state index is 11.1. The van der Waals surface area contributed by atoms with Crippen LogP contribution in [0.25, 0.3) is 0 Å². The first-order valence-electron chi connectivity index (χ1n) is 8.30. The largest absolute Gasteiger partial charge is 0.382 e. The van der Waals surface area contributed by atoms with Crippen LogP contribution in [0.5, 0.6) is 0 Å². The van der Waals surface area contributed by atoms with Crippen LogP contribution in [0.3, 0.4) is 0 Å². The number of hydrogen-bond donors (Lipinski definition) is 1. The molecule has 0 aliphatic carbocycles. The predicted octanol–water partition coefficient (Wildman–Crippen LogP) is 2.26. The third-order valence-corrected chi connectivity index (χ3v) is 1.98. The van der Waals surface area contributed by atoms with Gasteiger partial charge in [-0.15, -0.1) is 0 Å². The minimum atomic E-state index is -0.0836. The van der Waals surface area contributed by atoms with Crippen molar-refractivity contribution < 1.29 is 23.7 Å². The fourth-order valence-corrected chi connectivity index (χ4v) is 1.06. The van der Waals surface area contributed by atoms with Gasteiger partial charge in [-0.1, -0.05) is 34.6 Å². The second kappa shape index (κ2) is 28.5. The van der Waals surface area contributed by atoms with Crippen LogP contribution in [0.1, 0.15) is 41.0 Å². The number of rotatable bonds is 13. The van der Waals surface area contributed by atoms with E-state index in [1.165, 1.54) is 0 Å². The Morgan fingerprint density at radius 2 is 1.27 bits per heavy atom. The molecule has 0 aromatic carbocycles. The Kier molecular flexibility index (Phi) is 33.9. The molecule has 0 rings (SSSR count). The zero-order chi connectivity index (χ0) is 17.5. The maximum Gasteiger partial charge on any atom is 0.245 e. The molecule has 0 spiro atoms. The Morgan fingerprint density at radius 3 is 1.73 bits per heavy atom. The van der Waals surface area contributed by atoms with Gasteiger partial charge < -0.3 is 24.3 Å². The third-order valence-electron chi connectivity index (χ3n) is 1.98. The summed E-state index contributed by atoms with van der Waals surface area (Å²) in [6.45, 7) is 13.9. The van der Waals surface area contributed by atoms with Gasteiger partial charge in [0.1, 0.15) is 6.61 Å². The van der Waals surface area contributed by atoms with Crippen molar-refractivity contribution in [2.45, 2.75) is 41.0 Å². The Bertz CT molecular complexity index is 191. The Labute approximate surface area is 136 Å². The molecule has 0 unspecified atom stereocenters. The Balaban J connectivity index is -0.000000826. The summed E-state index contributed by atoms with van der Waals surface area (Å²) in [4.78, 5) is 11.1. The van der Waals surface area contributed by atoms with Crippen molar-refractivity contribution in [2.24, 2.45) is 0 Å². The summed E-state index contributed by atoms with van der Waals surface area (Å²) in [5.74, 6) is -0.0836. The molecule has 0 heterocycles. The van der Waals surface area contributed by atoms with Crippen LogP contribution in [0.15, 0.2) is 0 Å². The van der Waals surface area contributed by atoms with Gasteiger partial charge in [0.25, 0.3) is 0 Å². The first-order valence-corrected chi connectivity index (χ1v) is 8.30. The summed E-state index contributed by atoms with van der Waals surface area (Å²) in [6, 6.07) is 0. The van der Waals surface area contributed by atoms with Gasteiger partial charge in [0.2, 0.25) is 5.91 Å². The summed E-state index contributed by atoms with van der Waals surface area (Å²) >= 11 is 0. The molecule has 0 bridgehead atoms. The number of hydrogen-bond acceptors (Lipinski definition) is 5. The molecule has 0 fully saturated rings. The van der Waals surface area contributed by atoms with Crippen molar-refractivity contribution in [3.8, 4) is 0 Å². The van der Waals surface area contributed by atoms with Crippen molar-refractivity contribution in [3.63, 3.8) is 0 Å². The molecule has 0 atom stereocenters. The zero-order valence-corrected chi connectivity index (χ0v) is 15.4. The normalized spacial score (nSPS) is 9.18. The van der Waals surface area contributed by atoms with E-state index >= 15 is 0 Å². The molecule has 6 nitrogen and oxygen atoms in total. The molecule has 136 valence electrons. The van der Waals surface area contributed by atoms with Gasteiger partial charge in [-0.25, -0.2) is 0 Å². The van der Waals surface area contributed by atoms with Gasteiger partial charge in [-0.05, 0) is 6.42 Å². The molecule has 0 saturated carbocycles. The highest BCUT2D eigenvalue weighted by molar-refractivity contribution is 5.77. The minimum absolute atomic E-state index is 0.0836. The number of amides is 1. The lowest BCUT2D eigenvalue weighted by molar-refractivity contribution is -0.126. The molecular formula is C16H37NO5. The van der Waals surface area contributed by atoms with E-state index in [0.29, 0.717) is 46.2 Å². The monoisotopic (exact) mass is 323 g/mol. The van der Waals surface area contributed by atoms with E-state index in [4.69, 9.17) is 18.9 Å². The van der Waals surface area contributed by atoms with Gasteiger partial charge >= 0.3 is 0 Å². The second-order valence-electron chi connectivity index (χ2n) is 3.62. The minimum Gasteiger partial charge on any atom is -0.382 e. The molecule has 0 radical (unpaired) electrons. The van der Waals surface area contributed by atoms with Crippen LogP contribution in [0.2, 0.25) is 0 Å². The van der Waals surface area contributed by atoms with Crippen LogP contribution in [0, 0.1) is 0 Å². The molecule has 22 heavy (non-hydrogen) atoms. The van der Waals surface area contributed by atoms with Crippen LogP contribution in [-0.2, 0) is 23.7 Å². The van der Waals surface area contributed by atoms with Crippen molar-refractivity contribution >= 4 is 5.91 Å². The zero-order valence-electron chi connectivity index (χ0n) is 15.4. The van der Waals surface area contributed by atoms with Crippen LogP contribution in [-0.4, -0.2) is 65.8 Å². The quantitative estimate of drug-likeness (QED) is 0.527. The van der Waals surface area contributed by atoms with E-state index in [0.717, 1.165) is 6.42 Å². The first kappa shape index (κ1) is 26.2. The Hall–Kier alpha value is -0.690. The molecule has 1 N–H and O–H groups in total. The van der Waals surface area contributed by atoms with E-state index in [-0.39, 0.29) is 12.5 Å². The summed E-state index contributed by atoms with van der Waals surface area (Å²) in [7, 11) is 1.63. The lowest BCUT2D eigenvalue weighted by Gasteiger charge is -2.07. The van der Waals surface area contributed by atoms with Crippen LogP contribution >= 0.6 is 0 Å². The van der Waals surface area contributed by atoms with Gasteiger partial charge in [0.05, 0.1) is 39.6 Å². The van der Waals surface area contributed by atoms with Gasteiger partial charge in [-0.2, -0.15) is 0 Å². The highest BCUT2D eigenvalue weighted by Gasteiger charge is 1.99. The lowest BCUT2D eigenvalue weighted by atomic mass is 10.5. The summed E-state index contributed by atoms with van der Waals surface area (Å²) in [5, 5.41) is 2.73. The molecule has 0 aliphatic heterocycles. The van der Waals surface area contributed by atoms with Gasteiger partial charge in [-0.3, -0.25) is 4.79 Å². The van der Waals surface area contributed by atoms with Crippen molar-refractivity contribution in [1.29, 1.82) is 0 Å². The van der Waals surface area contributed by atoms with Gasteiger partial charge in [0.15, 0.2) is 0 Å². The molecular weight excluding hydrogens is 286 g/mol. The number of ether oxygens (including phenoxy) is 4. The number of methoxy groups -OCH3 is 1. The predicted molar refractivity (Wildman–Crippen MR) is 90.3 cm³/mol. The fraction of sp³-hybridized carbons (Fsp3) is 0.938. The molecule has 0 aromatic rings. The molecule has 0 aliphatic rings. The Morgan fingerprint density at radius 1 is 0.818 bits per heavy atom. The van der Waals surface area contributed by atoms with E-state index in [9.17, 15) is 4.79 Å². The SMILES string of the molecule is CC.CC.CCCNC(=O)COCCOCCOCCOC. The lowest BCUT2D eigenvalue weighted by Crippen LogP contribution is -2.28. The molecule has 0 saturated heterocycles. The smallest absolute Gasteiger partial charge is 0.245 e. The standard InChI is InChI=1S/C12H25NO5.2C2H6/c1-3-4-13-12(14)11-18-10-9-17-8-7-16-6-5-15-2;2*1-2/h3-11H2,1-2H3,(H,13,14);2*1-2H3. The maximum atomic E-state index is 11.1. The van der Waals surface area contributed by atoms with E-state index in [1.807, 2.05) is 34.6 Å². The highest BCUT2D eigenvalue weighted by Crippen LogP contribution is 1.82. The van der Waals surface area contributed by atoms with E-state index in [2.05, 4.69) is 5.32 Å².